The lowest BCUT2D eigenvalue weighted by Gasteiger charge is -2.21. The van der Waals surface area contributed by atoms with Crippen LogP contribution < -0.4 is 15.0 Å². The van der Waals surface area contributed by atoms with E-state index in [1.165, 1.54) is 0 Å². The number of hydrogen-bond donors (Lipinski definition) is 1. The van der Waals surface area contributed by atoms with E-state index in [0.29, 0.717) is 18.9 Å². The maximum absolute atomic E-state index is 12.6. The van der Waals surface area contributed by atoms with Crippen molar-refractivity contribution in [1.29, 1.82) is 0 Å². The lowest BCUT2D eigenvalue weighted by molar-refractivity contribution is -0.145. The smallest absolute Gasteiger partial charge is 0.451 e. The molecule has 0 unspecified atom stereocenters. The predicted octanol–water partition coefficient (Wildman–Crippen LogP) is 3.58. The van der Waals surface area contributed by atoms with Crippen LogP contribution >= 0.6 is 0 Å². The fourth-order valence-electron chi connectivity index (χ4n) is 3.32. The van der Waals surface area contributed by atoms with Crippen LogP contribution in [-0.2, 0) is 22.1 Å². The average molecular weight is 438 g/mol. The van der Waals surface area contributed by atoms with Crippen LogP contribution in [0.15, 0.2) is 30.6 Å². The van der Waals surface area contributed by atoms with E-state index in [1.807, 2.05) is 32.0 Å². The molecular formula is C21H25F3N4O3. The Labute approximate surface area is 178 Å². The molecule has 1 aromatic carbocycles. The molecule has 1 aliphatic rings. The summed E-state index contributed by atoms with van der Waals surface area (Å²) in [4.78, 5) is 20.7. The van der Waals surface area contributed by atoms with Crippen LogP contribution in [-0.4, -0.2) is 48.2 Å². The van der Waals surface area contributed by atoms with E-state index < -0.39 is 12.0 Å². The van der Waals surface area contributed by atoms with Gasteiger partial charge in [0, 0.05) is 37.5 Å². The summed E-state index contributed by atoms with van der Waals surface area (Å²) in [7, 11) is 0. The number of benzene rings is 1. The Hall–Kier alpha value is -2.88. The fourth-order valence-corrected chi connectivity index (χ4v) is 3.32. The average Bonchev–Trinajstić information content (AvgIpc) is 3.20. The summed E-state index contributed by atoms with van der Waals surface area (Å²) in [5, 5.41) is 2.97. The normalized spacial score (nSPS) is 16.4. The van der Waals surface area contributed by atoms with Crippen molar-refractivity contribution in [2.45, 2.75) is 38.9 Å². The molecular weight excluding hydrogens is 413 g/mol. The molecule has 7 nitrogen and oxygen atoms in total. The maximum atomic E-state index is 12.6. The minimum absolute atomic E-state index is 0.0194. The first-order valence-corrected chi connectivity index (χ1v) is 10.1. The number of halogens is 3. The van der Waals surface area contributed by atoms with Gasteiger partial charge in [-0.2, -0.15) is 13.2 Å². The summed E-state index contributed by atoms with van der Waals surface area (Å²) in [6, 6.07) is 5.71. The highest BCUT2D eigenvalue weighted by molar-refractivity contribution is 5.77. The largest absolute Gasteiger partial charge is 0.454 e. The van der Waals surface area contributed by atoms with E-state index in [2.05, 4.69) is 20.2 Å². The number of rotatable bonds is 8. The van der Waals surface area contributed by atoms with Crippen molar-refractivity contribution in [1.82, 2.24) is 15.3 Å². The second kappa shape index (κ2) is 9.95. The molecule has 3 rings (SSSR count). The number of carbonyl (C=O) groups excluding carboxylic acids is 1. The molecule has 168 valence electrons. The van der Waals surface area contributed by atoms with E-state index in [-0.39, 0.29) is 24.3 Å². The van der Waals surface area contributed by atoms with Gasteiger partial charge in [-0.25, -0.2) is 9.97 Å². The Balaban J connectivity index is 1.69. The van der Waals surface area contributed by atoms with Crippen LogP contribution in [0.25, 0.3) is 0 Å². The SMILES string of the molecule is CCOCC(=O)N[C@H]1CCN(c2cc(CC)cc(Oc3cnc(C(F)(F)F)nc3)c2)C1. The van der Waals surface area contributed by atoms with Gasteiger partial charge in [0.25, 0.3) is 0 Å². The molecule has 31 heavy (non-hydrogen) atoms. The molecule has 1 aliphatic heterocycles. The van der Waals surface area contributed by atoms with E-state index in [0.717, 1.165) is 43.0 Å². The van der Waals surface area contributed by atoms with E-state index in [4.69, 9.17) is 9.47 Å². The van der Waals surface area contributed by atoms with Crippen LogP contribution in [0, 0.1) is 0 Å². The van der Waals surface area contributed by atoms with E-state index in [1.54, 1.807) is 0 Å². The zero-order chi connectivity index (χ0) is 22.4. The van der Waals surface area contributed by atoms with Gasteiger partial charge in [-0.3, -0.25) is 4.79 Å². The van der Waals surface area contributed by atoms with E-state index >= 15 is 0 Å². The third-order valence-electron chi connectivity index (χ3n) is 4.83. The molecule has 1 N–H and O–H groups in total. The Morgan fingerprint density at radius 2 is 1.94 bits per heavy atom. The third-order valence-corrected chi connectivity index (χ3v) is 4.83. The molecule has 2 aromatic rings. The van der Waals surface area contributed by atoms with Crippen molar-refractivity contribution in [3.8, 4) is 11.5 Å². The summed E-state index contributed by atoms with van der Waals surface area (Å²) in [5.74, 6) is -0.740. The Morgan fingerprint density at radius 1 is 1.19 bits per heavy atom. The van der Waals surface area contributed by atoms with Crippen molar-refractivity contribution in [2.75, 3.05) is 31.2 Å². The minimum Gasteiger partial charge on any atom is -0.454 e. The molecule has 0 bridgehead atoms. The quantitative estimate of drug-likeness (QED) is 0.679. The van der Waals surface area contributed by atoms with Crippen molar-refractivity contribution >= 4 is 11.6 Å². The summed E-state index contributed by atoms with van der Waals surface area (Å²) >= 11 is 0. The molecule has 10 heteroatoms. The van der Waals surface area contributed by atoms with Gasteiger partial charge in [-0.05, 0) is 37.5 Å². The first kappa shape index (κ1) is 22.8. The zero-order valence-electron chi connectivity index (χ0n) is 17.4. The van der Waals surface area contributed by atoms with E-state index in [9.17, 15) is 18.0 Å². The van der Waals surface area contributed by atoms with Gasteiger partial charge < -0.3 is 19.7 Å². The van der Waals surface area contributed by atoms with Crippen LogP contribution in [0.4, 0.5) is 18.9 Å². The highest BCUT2D eigenvalue weighted by Gasteiger charge is 2.34. The molecule has 1 fully saturated rings. The first-order valence-electron chi connectivity index (χ1n) is 10.1. The lowest BCUT2D eigenvalue weighted by Crippen LogP contribution is -2.39. The molecule has 1 atom stereocenters. The Morgan fingerprint density at radius 3 is 2.58 bits per heavy atom. The number of aryl methyl sites for hydroxylation is 1. The van der Waals surface area contributed by atoms with Crippen LogP contribution in [0.5, 0.6) is 11.5 Å². The van der Waals surface area contributed by atoms with Gasteiger partial charge in [0.05, 0.1) is 12.4 Å². The topological polar surface area (TPSA) is 76.6 Å². The summed E-state index contributed by atoms with van der Waals surface area (Å²) < 4.78 is 48.8. The van der Waals surface area contributed by atoms with Gasteiger partial charge in [0.1, 0.15) is 12.4 Å². The van der Waals surface area contributed by atoms with Gasteiger partial charge >= 0.3 is 6.18 Å². The maximum Gasteiger partial charge on any atom is 0.451 e. The monoisotopic (exact) mass is 438 g/mol. The Bertz CT molecular complexity index is 890. The van der Waals surface area contributed by atoms with Crippen LogP contribution in [0.1, 0.15) is 31.7 Å². The molecule has 1 aromatic heterocycles. The van der Waals surface area contributed by atoms with Crippen molar-refractivity contribution in [2.24, 2.45) is 0 Å². The number of hydrogen-bond acceptors (Lipinski definition) is 6. The summed E-state index contributed by atoms with van der Waals surface area (Å²) in [6.45, 7) is 5.78. The van der Waals surface area contributed by atoms with Gasteiger partial charge in [0.15, 0.2) is 5.75 Å². The third kappa shape index (κ3) is 6.30. The standard InChI is InChI=1S/C21H25F3N4O3/c1-3-14-7-16(28-6-5-15(12-28)27-19(29)13-30-4-2)9-17(8-14)31-18-10-25-20(26-11-18)21(22,23)24/h7-11,15H,3-6,12-13H2,1-2H3,(H,27,29)/t15-/m0/s1. The number of amides is 1. The number of aromatic nitrogens is 2. The number of alkyl halides is 3. The van der Waals surface area contributed by atoms with Crippen molar-refractivity contribution < 1.29 is 27.4 Å². The molecule has 0 saturated carbocycles. The lowest BCUT2D eigenvalue weighted by atomic mass is 10.1. The molecule has 2 heterocycles. The fraction of sp³-hybridized carbons (Fsp3) is 0.476. The van der Waals surface area contributed by atoms with Crippen LogP contribution in [0.2, 0.25) is 0 Å². The van der Waals surface area contributed by atoms with Crippen LogP contribution in [0.3, 0.4) is 0 Å². The number of carbonyl (C=O) groups is 1. The molecule has 1 amide bonds. The highest BCUT2D eigenvalue weighted by atomic mass is 19.4. The summed E-state index contributed by atoms with van der Waals surface area (Å²) in [5.41, 5.74) is 1.94. The van der Waals surface area contributed by atoms with Crippen molar-refractivity contribution in [3.05, 3.63) is 42.0 Å². The second-order valence-electron chi connectivity index (χ2n) is 7.17. The van der Waals surface area contributed by atoms with Gasteiger partial charge in [-0.15, -0.1) is 0 Å². The molecule has 1 saturated heterocycles. The first-order chi connectivity index (χ1) is 14.8. The van der Waals surface area contributed by atoms with Crippen molar-refractivity contribution in [3.63, 3.8) is 0 Å². The number of ether oxygens (including phenoxy) is 2. The summed E-state index contributed by atoms with van der Waals surface area (Å²) in [6.07, 6.45) is -1.02. The minimum atomic E-state index is -4.60. The zero-order valence-corrected chi connectivity index (χ0v) is 17.4. The number of anilines is 1. The number of nitrogens with one attached hydrogen (secondary N) is 1. The predicted molar refractivity (Wildman–Crippen MR) is 108 cm³/mol. The molecule has 0 radical (unpaired) electrons. The molecule has 0 spiro atoms. The molecule has 0 aliphatic carbocycles. The second-order valence-corrected chi connectivity index (χ2v) is 7.17. The Kier molecular flexibility index (Phi) is 7.32. The highest BCUT2D eigenvalue weighted by Crippen LogP contribution is 2.31. The number of nitrogens with zero attached hydrogens (tertiary/aromatic N) is 3. The van der Waals surface area contributed by atoms with Gasteiger partial charge in [0.2, 0.25) is 11.7 Å². The van der Waals surface area contributed by atoms with Gasteiger partial charge in [-0.1, -0.05) is 6.92 Å².